The van der Waals surface area contributed by atoms with Gasteiger partial charge in [0, 0.05) is 31.6 Å². The van der Waals surface area contributed by atoms with E-state index in [1.165, 1.54) is 6.07 Å². The van der Waals surface area contributed by atoms with Crippen LogP contribution >= 0.6 is 11.6 Å². The number of aliphatic carboxylic acids is 1. The van der Waals surface area contributed by atoms with Crippen LogP contribution in [0.4, 0.5) is 4.39 Å². The minimum atomic E-state index is -0.786. The second-order valence-electron chi connectivity index (χ2n) is 8.52. The van der Waals surface area contributed by atoms with Crippen molar-refractivity contribution in [3.05, 3.63) is 88.3 Å². The summed E-state index contributed by atoms with van der Waals surface area (Å²) in [6.07, 6.45) is 0.624. The van der Waals surface area contributed by atoms with Crippen molar-refractivity contribution in [2.24, 2.45) is 5.92 Å². The maximum absolute atomic E-state index is 15.0. The number of aromatic nitrogens is 1. The minimum Gasteiger partial charge on any atom is -0.481 e. The summed E-state index contributed by atoms with van der Waals surface area (Å²) < 4.78 is 20.9. The van der Waals surface area contributed by atoms with E-state index in [1.807, 2.05) is 54.3 Å². The molecule has 2 aromatic heterocycles. The highest BCUT2D eigenvalue weighted by Crippen LogP contribution is 2.33. The topological polar surface area (TPSA) is 66.6 Å². The first-order valence-corrected chi connectivity index (χ1v) is 11.2. The van der Waals surface area contributed by atoms with Crippen molar-refractivity contribution in [2.45, 2.75) is 25.9 Å². The number of likely N-dealkylation sites (tertiary alicyclic amines) is 1. The van der Waals surface area contributed by atoms with Crippen LogP contribution in [0.15, 0.2) is 65.1 Å². The fraction of sp³-hybridized carbons (Fsp3) is 0.231. The highest BCUT2D eigenvalue weighted by atomic mass is 35.5. The summed E-state index contributed by atoms with van der Waals surface area (Å²) in [6.45, 7) is 2.86. The van der Waals surface area contributed by atoms with Crippen molar-refractivity contribution in [3.63, 3.8) is 0 Å². The molecular weight excluding hydrogens is 443 g/mol. The molecule has 0 saturated carbocycles. The number of nitrogens with zero attached hydrogens (tertiary/aromatic N) is 2. The Balaban J connectivity index is 1.37. The van der Waals surface area contributed by atoms with Crippen LogP contribution in [0.3, 0.4) is 0 Å². The molecule has 1 N–H and O–H groups in total. The average molecular weight is 465 g/mol. The lowest BCUT2D eigenvalue weighted by atomic mass is 9.89. The zero-order valence-electron chi connectivity index (χ0n) is 18.0. The van der Waals surface area contributed by atoms with Crippen LogP contribution in [0.5, 0.6) is 0 Å². The molecule has 168 valence electrons. The molecule has 7 heteroatoms. The monoisotopic (exact) mass is 464 g/mol. The fourth-order valence-corrected chi connectivity index (χ4v) is 4.54. The molecule has 5 rings (SSSR count). The Bertz CT molecular complexity index is 1340. The average Bonchev–Trinajstić information content (AvgIpc) is 3.19. The molecule has 2 aromatic carbocycles. The van der Waals surface area contributed by atoms with E-state index < -0.39 is 11.8 Å². The van der Waals surface area contributed by atoms with Gasteiger partial charge in [-0.15, -0.1) is 0 Å². The summed E-state index contributed by atoms with van der Waals surface area (Å²) in [5.74, 6) is -1.16. The van der Waals surface area contributed by atoms with Crippen LogP contribution in [0.1, 0.15) is 23.6 Å². The second kappa shape index (κ2) is 8.61. The Labute approximate surface area is 195 Å². The number of furan rings is 1. The Kier molecular flexibility index (Phi) is 5.64. The highest BCUT2D eigenvalue weighted by molar-refractivity contribution is 6.30. The van der Waals surface area contributed by atoms with Crippen LogP contribution < -0.4 is 0 Å². The molecular formula is C26H22ClFN2O3. The Morgan fingerprint density at radius 2 is 1.97 bits per heavy atom. The smallest absolute Gasteiger partial charge is 0.309 e. The van der Waals surface area contributed by atoms with Gasteiger partial charge in [-0.05, 0) is 41.8 Å². The number of carboxylic acids is 1. The number of hydrogen-bond donors (Lipinski definition) is 1. The van der Waals surface area contributed by atoms with Gasteiger partial charge in [0.1, 0.15) is 22.2 Å². The SMILES string of the molecule is CC1C(C(=O)O)CN1Cc1ccc(-c2cc3nc(Cl)c(Cc4ccccc4)cc3o2)c(F)c1. The molecule has 0 radical (unpaired) electrons. The van der Waals surface area contributed by atoms with E-state index in [0.29, 0.717) is 47.1 Å². The summed E-state index contributed by atoms with van der Waals surface area (Å²) in [4.78, 5) is 17.6. The Morgan fingerprint density at radius 3 is 2.67 bits per heavy atom. The molecule has 0 amide bonds. The van der Waals surface area contributed by atoms with Gasteiger partial charge >= 0.3 is 5.97 Å². The molecule has 1 fully saturated rings. The van der Waals surface area contributed by atoms with Gasteiger partial charge in [0.15, 0.2) is 5.58 Å². The van der Waals surface area contributed by atoms with Crippen molar-refractivity contribution in [1.82, 2.24) is 9.88 Å². The number of halogens is 2. The van der Waals surface area contributed by atoms with Gasteiger partial charge in [0.05, 0.1) is 11.5 Å². The van der Waals surface area contributed by atoms with Gasteiger partial charge in [0.2, 0.25) is 0 Å². The van der Waals surface area contributed by atoms with E-state index in [1.54, 1.807) is 12.1 Å². The predicted octanol–water partition coefficient (Wildman–Crippen LogP) is 5.78. The van der Waals surface area contributed by atoms with Gasteiger partial charge in [-0.3, -0.25) is 9.69 Å². The second-order valence-corrected chi connectivity index (χ2v) is 8.88. The summed E-state index contributed by atoms with van der Waals surface area (Å²) in [5, 5.41) is 9.55. The lowest BCUT2D eigenvalue weighted by molar-refractivity contribution is -0.152. The number of pyridine rings is 1. The van der Waals surface area contributed by atoms with Gasteiger partial charge in [-0.1, -0.05) is 48.0 Å². The van der Waals surface area contributed by atoms with E-state index in [0.717, 1.165) is 16.7 Å². The van der Waals surface area contributed by atoms with Gasteiger partial charge < -0.3 is 9.52 Å². The lowest BCUT2D eigenvalue weighted by Gasteiger charge is -2.44. The van der Waals surface area contributed by atoms with Crippen molar-refractivity contribution in [3.8, 4) is 11.3 Å². The molecule has 33 heavy (non-hydrogen) atoms. The van der Waals surface area contributed by atoms with Gasteiger partial charge in [-0.2, -0.15) is 0 Å². The number of carboxylic acid groups (broad SMARTS) is 1. The third kappa shape index (κ3) is 4.24. The van der Waals surface area contributed by atoms with Gasteiger partial charge in [0.25, 0.3) is 0 Å². The summed E-state index contributed by atoms with van der Waals surface area (Å²) in [5.41, 5.74) is 4.21. The predicted molar refractivity (Wildman–Crippen MR) is 125 cm³/mol. The minimum absolute atomic E-state index is 0.0680. The number of benzene rings is 2. The number of carbonyl (C=O) groups is 1. The molecule has 4 aromatic rings. The van der Waals surface area contributed by atoms with E-state index >= 15 is 0 Å². The third-order valence-electron chi connectivity index (χ3n) is 6.36. The number of hydrogen-bond acceptors (Lipinski definition) is 4. The molecule has 0 aliphatic carbocycles. The third-order valence-corrected chi connectivity index (χ3v) is 6.69. The zero-order chi connectivity index (χ0) is 23.1. The quantitative estimate of drug-likeness (QED) is 0.366. The maximum atomic E-state index is 15.0. The number of rotatable bonds is 6. The van der Waals surface area contributed by atoms with Crippen LogP contribution in [-0.4, -0.2) is 33.5 Å². The highest BCUT2D eigenvalue weighted by Gasteiger charge is 2.40. The Hall–Kier alpha value is -3.22. The molecule has 0 spiro atoms. The summed E-state index contributed by atoms with van der Waals surface area (Å²) >= 11 is 6.40. The van der Waals surface area contributed by atoms with Crippen molar-refractivity contribution >= 4 is 28.7 Å². The first kappa shape index (κ1) is 21.6. The van der Waals surface area contributed by atoms with Gasteiger partial charge in [-0.25, -0.2) is 9.37 Å². The molecule has 3 heterocycles. The van der Waals surface area contributed by atoms with Crippen LogP contribution in [0.25, 0.3) is 22.4 Å². The first-order valence-electron chi connectivity index (χ1n) is 10.8. The Morgan fingerprint density at radius 1 is 1.18 bits per heavy atom. The molecule has 1 saturated heterocycles. The molecule has 2 unspecified atom stereocenters. The van der Waals surface area contributed by atoms with Crippen molar-refractivity contribution in [2.75, 3.05) is 6.54 Å². The van der Waals surface area contributed by atoms with Crippen LogP contribution in [-0.2, 0) is 17.8 Å². The molecule has 1 aliphatic heterocycles. The first-order chi connectivity index (χ1) is 15.9. The van der Waals surface area contributed by atoms with Crippen LogP contribution in [0, 0.1) is 11.7 Å². The summed E-state index contributed by atoms with van der Waals surface area (Å²) in [6, 6.07) is 18.4. The van der Waals surface area contributed by atoms with E-state index in [-0.39, 0.29) is 12.0 Å². The maximum Gasteiger partial charge on any atom is 0.309 e. The molecule has 0 bridgehead atoms. The zero-order valence-corrected chi connectivity index (χ0v) is 18.7. The van der Waals surface area contributed by atoms with Crippen molar-refractivity contribution in [1.29, 1.82) is 0 Å². The fourth-order valence-electron chi connectivity index (χ4n) is 4.33. The normalized spacial score (nSPS) is 18.4. The lowest BCUT2D eigenvalue weighted by Crippen LogP contribution is -2.56. The van der Waals surface area contributed by atoms with Crippen LogP contribution in [0.2, 0.25) is 5.15 Å². The standard InChI is InChI=1S/C26H22ClFN2O3/c1-15-20(26(31)32)14-30(15)13-17-7-8-19(21(28)10-17)23-12-22-24(33-23)11-18(25(27)29-22)9-16-5-3-2-4-6-16/h2-8,10-12,15,20H,9,13-14H2,1H3,(H,31,32). The summed E-state index contributed by atoms with van der Waals surface area (Å²) in [7, 11) is 0. The van der Waals surface area contributed by atoms with E-state index in [2.05, 4.69) is 4.98 Å². The number of fused-ring (bicyclic) bond motifs is 1. The largest absolute Gasteiger partial charge is 0.481 e. The molecule has 2 atom stereocenters. The van der Waals surface area contributed by atoms with Crippen molar-refractivity contribution < 1.29 is 18.7 Å². The van der Waals surface area contributed by atoms with E-state index in [4.69, 9.17) is 21.1 Å². The molecule has 1 aliphatic rings. The molecule has 5 nitrogen and oxygen atoms in total. The van der Waals surface area contributed by atoms with E-state index in [9.17, 15) is 9.18 Å².